The molecule has 0 radical (unpaired) electrons. The van der Waals surface area contributed by atoms with Crippen LogP contribution >= 0.6 is 12.2 Å². The van der Waals surface area contributed by atoms with Gasteiger partial charge >= 0.3 is 0 Å². The van der Waals surface area contributed by atoms with E-state index in [2.05, 4.69) is 45.0 Å². The summed E-state index contributed by atoms with van der Waals surface area (Å²) in [5.74, 6) is 0. The third-order valence-corrected chi connectivity index (χ3v) is 2.32. The molecular weight excluding hydrogens is 190 g/mol. The van der Waals surface area contributed by atoms with E-state index in [1.54, 1.807) is 0 Å². The van der Waals surface area contributed by atoms with Crippen molar-refractivity contribution in [3.05, 3.63) is 35.4 Å². The van der Waals surface area contributed by atoms with Crippen molar-refractivity contribution in [2.45, 2.75) is 32.6 Å². The van der Waals surface area contributed by atoms with Gasteiger partial charge in [-0.15, -0.1) is 0 Å². The third-order valence-electron chi connectivity index (χ3n) is 2.17. The zero-order valence-electron chi connectivity index (χ0n) is 9.00. The molecule has 0 bridgehead atoms. The molecule has 0 heterocycles. The van der Waals surface area contributed by atoms with Crippen LogP contribution in [-0.2, 0) is 11.8 Å². The molecule has 1 aromatic rings. The molecule has 0 unspecified atom stereocenters. The summed E-state index contributed by atoms with van der Waals surface area (Å²) in [6, 6.07) is 8.45. The second-order valence-electron chi connectivity index (χ2n) is 4.59. The predicted molar refractivity (Wildman–Crippen MR) is 65.6 cm³/mol. The fourth-order valence-electron chi connectivity index (χ4n) is 1.35. The molecule has 2 heteroatoms. The van der Waals surface area contributed by atoms with E-state index in [4.69, 9.17) is 18.0 Å². The van der Waals surface area contributed by atoms with E-state index in [0.717, 1.165) is 0 Å². The Morgan fingerprint density at radius 1 is 1.36 bits per heavy atom. The minimum atomic E-state index is 0.187. The molecule has 1 aromatic carbocycles. The summed E-state index contributed by atoms with van der Waals surface area (Å²) < 4.78 is 0. The molecule has 0 saturated carbocycles. The summed E-state index contributed by atoms with van der Waals surface area (Å²) in [6.07, 6.45) is 0.694. The Morgan fingerprint density at radius 2 is 2.00 bits per heavy atom. The first-order chi connectivity index (χ1) is 6.39. The van der Waals surface area contributed by atoms with Gasteiger partial charge in [0.1, 0.15) is 0 Å². The normalized spacial score (nSPS) is 11.4. The van der Waals surface area contributed by atoms with Crippen LogP contribution in [0, 0.1) is 0 Å². The first-order valence-electron chi connectivity index (χ1n) is 4.77. The maximum atomic E-state index is 5.52. The average Bonchev–Trinajstić information content (AvgIpc) is 2.01. The molecule has 2 N–H and O–H groups in total. The van der Waals surface area contributed by atoms with Gasteiger partial charge in [-0.05, 0) is 16.5 Å². The smallest absolute Gasteiger partial charge is 0.0771 e. The Morgan fingerprint density at radius 3 is 2.50 bits per heavy atom. The molecule has 0 fully saturated rings. The number of hydrogen-bond acceptors (Lipinski definition) is 1. The molecule has 14 heavy (non-hydrogen) atoms. The van der Waals surface area contributed by atoms with Crippen LogP contribution in [-0.4, -0.2) is 4.99 Å². The van der Waals surface area contributed by atoms with Gasteiger partial charge in [-0.2, -0.15) is 0 Å². The Bertz CT molecular complexity index is 336. The zero-order valence-corrected chi connectivity index (χ0v) is 9.82. The van der Waals surface area contributed by atoms with Crippen LogP contribution in [0.3, 0.4) is 0 Å². The van der Waals surface area contributed by atoms with E-state index in [1.807, 2.05) is 0 Å². The molecule has 0 aliphatic rings. The summed E-state index contributed by atoms with van der Waals surface area (Å²) in [7, 11) is 0. The first-order valence-corrected chi connectivity index (χ1v) is 5.18. The van der Waals surface area contributed by atoms with E-state index in [-0.39, 0.29) is 5.41 Å². The van der Waals surface area contributed by atoms with Gasteiger partial charge in [0.15, 0.2) is 0 Å². The molecule has 0 amide bonds. The van der Waals surface area contributed by atoms with E-state index in [0.29, 0.717) is 11.4 Å². The monoisotopic (exact) mass is 207 g/mol. The minimum absolute atomic E-state index is 0.187. The van der Waals surface area contributed by atoms with Gasteiger partial charge in [-0.25, -0.2) is 0 Å². The zero-order chi connectivity index (χ0) is 10.8. The quantitative estimate of drug-likeness (QED) is 0.755. The van der Waals surface area contributed by atoms with E-state index in [9.17, 15) is 0 Å². The van der Waals surface area contributed by atoms with Crippen LogP contribution in [0.5, 0.6) is 0 Å². The van der Waals surface area contributed by atoms with E-state index >= 15 is 0 Å². The SMILES string of the molecule is CC(C)(C)c1cccc(CC(N)=S)c1. The third kappa shape index (κ3) is 3.11. The van der Waals surface area contributed by atoms with Crippen LogP contribution in [0.2, 0.25) is 0 Å². The highest BCUT2D eigenvalue weighted by molar-refractivity contribution is 7.80. The topological polar surface area (TPSA) is 26.0 Å². The molecule has 0 saturated heterocycles. The van der Waals surface area contributed by atoms with Crippen LogP contribution in [0.25, 0.3) is 0 Å². The largest absolute Gasteiger partial charge is 0.393 e. The molecule has 0 atom stereocenters. The van der Waals surface area contributed by atoms with Crippen molar-refractivity contribution in [1.29, 1.82) is 0 Å². The van der Waals surface area contributed by atoms with Crippen molar-refractivity contribution in [2.24, 2.45) is 5.73 Å². The molecule has 0 aliphatic carbocycles. The maximum absolute atomic E-state index is 5.52. The lowest BCUT2D eigenvalue weighted by atomic mass is 9.86. The van der Waals surface area contributed by atoms with Gasteiger partial charge in [0.25, 0.3) is 0 Å². The Kier molecular flexibility index (Phi) is 3.27. The van der Waals surface area contributed by atoms with Crippen molar-refractivity contribution in [1.82, 2.24) is 0 Å². The number of rotatable bonds is 2. The Hall–Kier alpha value is -0.890. The minimum Gasteiger partial charge on any atom is -0.393 e. The van der Waals surface area contributed by atoms with Crippen LogP contribution in [0.15, 0.2) is 24.3 Å². The average molecular weight is 207 g/mol. The van der Waals surface area contributed by atoms with E-state index in [1.165, 1.54) is 11.1 Å². The van der Waals surface area contributed by atoms with Gasteiger partial charge in [-0.3, -0.25) is 0 Å². The number of nitrogens with two attached hydrogens (primary N) is 1. The molecule has 0 spiro atoms. The Labute approximate surface area is 91.3 Å². The second-order valence-corrected chi connectivity index (χ2v) is 5.12. The van der Waals surface area contributed by atoms with Crippen molar-refractivity contribution in [3.63, 3.8) is 0 Å². The summed E-state index contributed by atoms with van der Waals surface area (Å²) in [6.45, 7) is 6.60. The number of benzene rings is 1. The van der Waals surface area contributed by atoms with Crippen LogP contribution < -0.4 is 5.73 Å². The molecular formula is C12H17NS. The van der Waals surface area contributed by atoms with Crippen molar-refractivity contribution < 1.29 is 0 Å². The standard InChI is InChI=1S/C12H17NS/c1-12(2,3)10-6-4-5-9(7-10)8-11(13)14/h4-7H,8H2,1-3H3,(H2,13,14). The van der Waals surface area contributed by atoms with Crippen molar-refractivity contribution >= 4 is 17.2 Å². The Balaban J connectivity index is 2.95. The van der Waals surface area contributed by atoms with Crippen molar-refractivity contribution in [2.75, 3.05) is 0 Å². The van der Waals surface area contributed by atoms with Gasteiger partial charge in [-0.1, -0.05) is 57.3 Å². The number of hydrogen-bond donors (Lipinski definition) is 1. The molecule has 1 rings (SSSR count). The second kappa shape index (κ2) is 4.09. The molecule has 0 aliphatic heterocycles. The lowest BCUT2D eigenvalue weighted by Crippen LogP contribution is -2.14. The first kappa shape index (κ1) is 11.2. The summed E-state index contributed by atoms with van der Waals surface area (Å²) >= 11 is 4.89. The summed E-state index contributed by atoms with van der Waals surface area (Å²) in [5, 5.41) is 0. The highest BCUT2D eigenvalue weighted by Crippen LogP contribution is 2.22. The fraction of sp³-hybridized carbons (Fsp3) is 0.417. The molecule has 1 nitrogen and oxygen atoms in total. The lowest BCUT2D eigenvalue weighted by molar-refractivity contribution is 0.589. The van der Waals surface area contributed by atoms with Crippen LogP contribution in [0.1, 0.15) is 31.9 Å². The van der Waals surface area contributed by atoms with Crippen molar-refractivity contribution in [3.8, 4) is 0 Å². The predicted octanol–water partition coefficient (Wildman–Crippen LogP) is 2.81. The van der Waals surface area contributed by atoms with Crippen LogP contribution in [0.4, 0.5) is 0 Å². The molecule has 0 aromatic heterocycles. The fourth-order valence-corrected chi connectivity index (χ4v) is 1.52. The number of thiocarbonyl (C=S) groups is 1. The summed E-state index contributed by atoms with van der Waals surface area (Å²) in [5.41, 5.74) is 8.23. The van der Waals surface area contributed by atoms with E-state index < -0.39 is 0 Å². The maximum Gasteiger partial charge on any atom is 0.0771 e. The van der Waals surface area contributed by atoms with Gasteiger partial charge in [0.2, 0.25) is 0 Å². The highest BCUT2D eigenvalue weighted by atomic mass is 32.1. The van der Waals surface area contributed by atoms with Gasteiger partial charge in [0, 0.05) is 6.42 Å². The highest BCUT2D eigenvalue weighted by Gasteiger charge is 2.13. The molecule has 76 valence electrons. The summed E-state index contributed by atoms with van der Waals surface area (Å²) in [4.78, 5) is 0.552. The van der Waals surface area contributed by atoms with Gasteiger partial charge < -0.3 is 5.73 Å². The van der Waals surface area contributed by atoms with Gasteiger partial charge in [0.05, 0.1) is 4.99 Å². The lowest BCUT2D eigenvalue weighted by Gasteiger charge is -2.19.